The summed E-state index contributed by atoms with van der Waals surface area (Å²) in [5, 5.41) is 2.62. The molecule has 0 saturated heterocycles. The first-order valence-corrected chi connectivity index (χ1v) is 18.8. The van der Waals surface area contributed by atoms with Gasteiger partial charge in [0.05, 0.1) is 5.69 Å². The molecule has 1 aliphatic carbocycles. The van der Waals surface area contributed by atoms with Crippen LogP contribution < -0.4 is 4.90 Å². The number of rotatable bonds is 5. The van der Waals surface area contributed by atoms with Gasteiger partial charge < -0.3 is 4.90 Å². The Hall–Kier alpha value is -5.44. The van der Waals surface area contributed by atoms with Crippen LogP contribution in [0.4, 0.5) is 17.1 Å². The highest BCUT2D eigenvalue weighted by Gasteiger charge is 2.38. The van der Waals surface area contributed by atoms with Gasteiger partial charge in [0, 0.05) is 42.5 Å². The molecule has 0 bridgehead atoms. The van der Waals surface area contributed by atoms with Crippen molar-refractivity contribution in [1.29, 1.82) is 0 Å². The number of anilines is 3. The minimum Gasteiger partial charge on any atom is -0.310 e. The van der Waals surface area contributed by atoms with Crippen LogP contribution in [0.2, 0.25) is 0 Å². The molecule has 0 aliphatic heterocycles. The number of thiophene rings is 1. The molecule has 8 aromatic rings. The molecule has 7 aromatic carbocycles. The largest absolute Gasteiger partial charge is 0.310 e. The molecule has 248 valence electrons. The highest BCUT2D eigenvalue weighted by Crippen LogP contribution is 2.54. The SMILES string of the molecule is CC(C)(C)c1ccc2c(c1)C(C)(C)c1cccc(-c3ccccc3N(c3cccc(-c4ccccc4)c3)c3ccc4c(c3)sc3ccccc34)c1-2. The fraction of sp³-hybridized carbons (Fsp3) is 0.143. The first kappa shape index (κ1) is 31.5. The Morgan fingerprint density at radius 1 is 0.490 bits per heavy atom. The lowest BCUT2D eigenvalue weighted by atomic mass is 9.79. The normalized spacial score (nSPS) is 13.4. The average molecular weight is 676 g/mol. The van der Waals surface area contributed by atoms with Crippen LogP contribution in [0, 0.1) is 0 Å². The summed E-state index contributed by atoms with van der Waals surface area (Å²) in [6.45, 7) is 11.7. The van der Waals surface area contributed by atoms with Gasteiger partial charge in [0.2, 0.25) is 0 Å². The summed E-state index contributed by atoms with van der Waals surface area (Å²) in [5.74, 6) is 0. The quantitative estimate of drug-likeness (QED) is 0.175. The molecular weight excluding hydrogens is 635 g/mol. The van der Waals surface area contributed by atoms with Crippen LogP contribution >= 0.6 is 11.3 Å². The maximum absolute atomic E-state index is 2.47. The van der Waals surface area contributed by atoms with E-state index in [1.807, 2.05) is 11.3 Å². The van der Waals surface area contributed by atoms with E-state index in [2.05, 4.69) is 197 Å². The van der Waals surface area contributed by atoms with Crippen LogP contribution in [-0.2, 0) is 10.8 Å². The maximum Gasteiger partial charge on any atom is 0.0540 e. The molecule has 1 heterocycles. The van der Waals surface area contributed by atoms with Crippen molar-refractivity contribution in [2.75, 3.05) is 4.90 Å². The van der Waals surface area contributed by atoms with Crippen LogP contribution in [0.25, 0.3) is 53.6 Å². The fourth-order valence-corrected chi connectivity index (χ4v) is 9.25. The zero-order chi connectivity index (χ0) is 34.9. The van der Waals surface area contributed by atoms with E-state index >= 15 is 0 Å². The Bertz CT molecular complexity index is 2600. The van der Waals surface area contributed by atoms with Crippen molar-refractivity contribution in [3.63, 3.8) is 0 Å². The molecule has 0 amide bonds. The van der Waals surface area contributed by atoms with Gasteiger partial charge in [-0.25, -0.2) is 0 Å². The molecule has 0 saturated carbocycles. The third-order valence-electron chi connectivity index (χ3n) is 10.8. The van der Waals surface area contributed by atoms with Gasteiger partial charge in [-0.05, 0) is 86.3 Å². The Morgan fingerprint density at radius 3 is 2.02 bits per heavy atom. The number of hydrogen-bond donors (Lipinski definition) is 0. The van der Waals surface area contributed by atoms with Crippen LogP contribution in [0.1, 0.15) is 51.3 Å². The van der Waals surface area contributed by atoms with E-state index in [9.17, 15) is 0 Å². The van der Waals surface area contributed by atoms with Crippen molar-refractivity contribution in [3.8, 4) is 33.4 Å². The molecule has 0 spiro atoms. The Balaban J connectivity index is 1.28. The topological polar surface area (TPSA) is 3.24 Å². The Kier molecular flexibility index (Phi) is 7.31. The number of nitrogens with zero attached hydrogens (tertiary/aromatic N) is 1. The van der Waals surface area contributed by atoms with Gasteiger partial charge in [-0.1, -0.05) is 156 Å². The van der Waals surface area contributed by atoms with Gasteiger partial charge in [0.25, 0.3) is 0 Å². The number of para-hydroxylation sites is 1. The molecule has 0 unspecified atom stereocenters. The summed E-state index contributed by atoms with van der Waals surface area (Å²) in [5.41, 5.74) is 15.2. The van der Waals surface area contributed by atoms with Crippen LogP contribution in [0.3, 0.4) is 0 Å². The minimum absolute atomic E-state index is 0.0830. The second kappa shape index (κ2) is 11.8. The predicted octanol–water partition coefficient (Wildman–Crippen LogP) is 14.5. The van der Waals surface area contributed by atoms with Crippen molar-refractivity contribution in [2.45, 2.75) is 45.4 Å². The van der Waals surface area contributed by atoms with E-state index in [1.54, 1.807) is 0 Å². The molecule has 0 fully saturated rings. The van der Waals surface area contributed by atoms with Gasteiger partial charge in [-0.3, -0.25) is 0 Å². The fourth-order valence-electron chi connectivity index (χ4n) is 8.11. The summed E-state index contributed by atoms with van der Waals surface area (Å²) >= 11 is 1.87. The predicted molar refractivity (Wildman–Crippen MR) is 221 cm³/mol. The summed E-state index contributed by atoms with van der Waals surface area (Å²) in [6.07, 6.45) is 0. The van der Waals surface area contributed by atoms with Crippen LogP contribution in [0.5, 0.6) is 0 Å². The smallest absolute Gasteiger partial charge is 0.0540 e. The Morgan fingerprint density at radius 2 is 1.18 bits per heavy atom. The highest BCUT2D eigenvalue weighted by atomic mass is 32.1. The van der Waals surface area contributed by atoms with Crippen molar-refractivity contribution < 1.29 is 0 Å². The number of hydrogen-bond acceptors (Lipinski definition) is 2. The van der Waals surface area contributed by atoms with Crippen molar-refractivity contribution in [3.05, 3.63) is 174 Å². The second-order valence-corrected chi connectivity index (χ2v) is 16.5. The minimum atomic E-state index is -0.104. The molecule has 0 N–H and O–H groups in total. The summed E-state index contributed by atoms with van der Waals surface area (Å²) in [6, 6.07) is 58.5. The van der Waals surface area contributed by atoms with E-state index in [1.165, 1.54) is 70.2 Å². The maximum atomic E-state index is 2.47. The summed E-state index contributed by atoms with van der Waals surface area (Å²) in [4.78, 5) is 2.47. The van der Waals surface area contributed by atoms with Crippen molar-refractivity contribution in [2.24, 2.45) is 0 Å². The lowest BCUT2D eigenvalue weighted by Crippen LogP contribution is -2.17. The van der Waals surface area contributed by atoms with Crippen molar-refractivity contribution >= 4 is 48.6 Å². The summed E-state index contributed by atoms with van der Waals surface area (Å²) in [7, 11) is 0. The van der Waals surface area contributed by atoms with Gasteiger partial charge in [0.15, 0.2) is 0 Å². The lowest BCUT2D eigenvalue weighted by molar-refractivity contribution is 0.584. The molecule has 2 heteroatoms. The monoisotopic (exact) mass is 675 g/mol. The zero-order valence-electron chi connectivity index (χ0n) is 29.9. The first-order chi connectivity index (χ1) is 24.7. The van der Waals surface area contributed by atoms with E-state index in [0.29, 0.717) is 0 Å². The highest BCUT2D eigenvalue weighted by molar-refractivity contribution is 7.25. The third kappa shape index (κ3) is 5.20. The molecule has 9 rings (SSSR count). The summed E-state index contributed by atoms with van der Waals surface area (Å²) < 4.78 is 2.61. The van der Waals surface area contributed by atoms with Crippen LogP contribution in [0.15, 0.2) is 158 Å². The van der Waals surface area contributed by atoms with Gasteiger partial charge in [-0.2, -0.15) is 0 Å². The third-order valence-corrected chi connectivity index (χ3v) is 12.0. The lowest BCUT2D eigenvalue weighted by Gasteiger charge is -2.29. The molecule has 1 nitrogen and oxygen atoms in total. The first-order valence-electron chi connectivity index (χ1n) is 17.9. The molecule has 0 atom stereocenters. The van der Waals surface area contributed by atoms with E-state index < -0.39 is 0 Å². The molecule has 51 heavy (non-hydrogen) atoms. The van der Waals surface area contributed by atoms with E-state index in [0.717, 1.165) is 17.1 Å². The van der Waals surface area contributed by atoms with Gasteiger partial charge >= 0.3 is 0 Å². The second-order valence-electron chi connectivity index (χ2n) is 15.4. The molecule has 0 radical (unpaired) electrons. The van der Waals surface area contributed by atoms with Crippen molar-refractivity contribution in [1.82, 2.24) is 0 Å². The molecular formula is C49H41NS. The van der Waals surface area contributed by atoms with E-state index in [4.69, 9.17) is 0 Å². The van der Waals surface area contributed by atoms with E-state index in [-0.39, 0.29) is 10.8 Å². The zero-order valence-corrected chi connectivity index (χ0v) is 30.7. The Labute approximate surface area is 305 Å². The number of fused-ring (bicyclic) bond motifs is 6. The van der Waals surface area contributed by atoms with Gasteiger partial charge in [0.1, 0.15) is 0 Å². The number of benzene rings is 7. The van der Waals surface area contributed by atoms with Gasteiger partial charge in [-0.15, -0.1) is 11.3 Å². The standard InChI is InChI=1S/C49H41NS/c1-48(2,3)34-25-27-41-43(30-34)49(4,5)42-22-14-21-40(47(41)42)37-19-9-11-23-44(37)50(35-18-13-17-33(29-35)32-15-7-6-8-16-32)36-26-28-39-38-20-10-12-24-45(38)51-46(39)31-36/h6-31H,1-5H3. The molecule has 1 aliphatic rings. The van der Waals surface area contributed by atoms with Crippen LogP contribution in [-0.4, -0.2) is 0 Å². The molecule has 1 aromatic heterocycles. The average Bonchev–Trinajstić information content (AvgIpc) is 3.63.